The van der Waals surface area contributed by atoms with Crippen molar-refractivity contribution in [3.8, 4) is 22.9 Å². The van der Waals surface area contributed by atoms with Crippen molar-refractivity contribution < 1.29 is 19.7 Å². The number of hydrogen-bond acceptors (Lipinski definition) is 8. The Kier molecular flexibility index (Phi) is 6.98. The molecule has 1 aromatic carbocycles. The summed E-state index contributed by atoms with van der Waals surface area (Å²) in [6.07, 6.45) is 3.75. The van der Waals surface area contributed by atoms with Crippen molar-refractivity contribution in [3.63, 3.8) is 0 Å². The molecule has 0 spiro atoms. The molecular formula is C27H26N6O4. The maximum atomic E-state index is 12.8. The topological polar surface area (TPSA) is 127 Å². The number of anilines is 1. The number of piperazine rings is 1. The molecule has 188 valence electrons. The van der Waals surface area contributed by atoms with Gasteiger partial charge in [0.15, 0.2) is 6.10 Å². The third kappa shape index (κ3) is 4.95. The molecule has 0 radical (unpaired) electrons. The SMILES string of the molecule is N#Cc1cnn2cc(OCCO)cc(-c3ccc(N4CCN(C(=O)C(O)c5ccccc5)CC4)nc3)c12. The number of aliphatic hydroxyl groups excluding tert-OH is 2. The molecule has 1 amide bonds. The lowest BCUT2D eigenvalue weighted by molar-refractivity contribution is -0.140. The van der Waals surface area contributed by atoms with Gasteiger partial charge in [-0.3, -0.25) is 4.79 Å². The molecule has 37 heavy (non-hydrogen) atoms. The first-order valence-corrected chi connectivity index (χ1v) is 12.0. The van der Waals surface area contributed by atoms with Crippen LogP contribution in [0.25, 0.3) is 16.6 Å². The number of rotatable bonds is 7. The van der Waals surface area contributed by atoms with Crippen LogP contribution in [0.2, 0.25) is 0 Å². The van der Waals surface area contributed by atoms with Crippen LogP contribution in [0.1, 0.15) is 17.2 Å². The van der Waals surface area contributed by atoms with Crippen LogP contribution >= 0.6 is 0 Å². The minimum absolute atomic E-state index is 0.115. The van der Waals surface area contributed by atoms with E-state index >= 15 is 0 Å². The number of nitrogens with zero attached hydrogens (tertiary/aromatic N) is 6. The van der Waals surface area contributed by atoms with E-state index in [9.17, 15) is 15.2 Å². The molecule has 10 heteroatoms. The minimum Gasteiger partial charge on any atom is -0.490 e. The number of nitriles is 1. The fraction of sp³-hybridized carbons (Fsp3) is 0.259. The van der Waals surface area contributed by atoms with Gasteiger partial charge in [-0.15, -0.1) is 0 Å². The Morgan fingerprint density at radius 2 is 1.89 bits per heavy atom. The third-order valence-electron chi connectivity index (χ3n) is 6.39. The molecule has 1 atom stereocenters. The molecule has 0 bridgehead atoms. The van der Waals surface area contributed by atoms with Gasteiger partial charge in [-0.2, -0.15) is 10.4 Å². The Balaban J connectivity index is 1.31. The van der Waals surface area contributed by atoms with E-state index in [-0.39, 0.29) is 19.1 Å². The molecule has 1 unspecified atom stereocenters. The fourth-order valence-electron chi connectivity index (χ4n) is 4.48. The average Bonchev–Trinajstić information content (AvgIpc) is 3.38. The van der Waals surface area contributed by atoms with Gasteiger partial charge < -0.3 is 24.7 Å². The largest absolute Gasteiger partial charge is 0.490 e. The number of ether oxygens (including phenoxy) is 1. The van der Waals surface area contributed by atoms with E-state index in [1.54, 1.807) is 46.1 Å². The predicted octanol–water partition coefficient (Wildman–Crippen LogP) is 2.02. The lowest BCUT2D eigenvalue weighted by Crippen LogP contribution is -2.50. The Morgan fingerprint density at radius 1 is 1.11 bits per heavy atom. The molecule has 0 saturated carbocycles. The van der Waals surface area contributed by atoms with Gasteiger partial charge in [0.05, 0.1) is 30.1 Å². The van der Waals surface area contributed by atoms with Gasteiger partial charge in [0.2, 0.25) is 0 Å². The summed E-state index contributed by atoms with van der Waals surface area (Å²) in [6, 6.07) is 16.8. The van der Waals surface area contributed by atoms with E-state index < -0.39 is 6.10 Å². The summed E-state index contributed by atoms with van der Waals surface area (Å²) >= 11 is 0. The van der Waals surface area contributed by atoms with Gasteiger partial charge in [-0.25, -0.2) is 9.50 Å². The van der Waals surface area contributed by atoms with Gasteiger partial charge in [-0.05, 0) is 23.8 Å². The summed E-state index contributed by atoms with van der Waals surface area (Å²) in [5, 5.41) is 33.4. The van der Waals surface area contributed by atoms with E-state index in [1.807, 2.05) is 24.3 Å². The number of aromatic nitrogens is 3. The van der Waals surface area contributed by atoms with Crippen LogP contribution in [0.3, 0.4) is 0 Å². The molecule has 1 aliphatic rings. The van der Waals surface area contributed by atoms with Crippen molar-refractivity contribution in [2.24, 2.45) is 0 Å². The molecule has 2 N–H and O–H groups in total. The average molecular weight is 499 g/mol. The molecule has 1 fully saturated rings. The first-order valence-electron chi connectivity index (χ1n) is 12.0. The van der Waals surface area contributed by atoms with Crippen molar-refractivity contribution in [2.75, 3.05) is 44.3 Å². The highest BCUT2D eigenvalue weighted by Crippen LogP contribution is 2.31. The second kappa shape index (κ2) is 10.7. The molecule has 5 rings (SSSR count). The maximum Gasteiger partial charge on any atom is 0.256 e. The normalized spacial score (nSPS) is 14.4. The van der Waals surface area contributed by atoms with Crippen LogP contribution < -0.4 is 9.64 Å². The van der Waals surface area contributed by atoms with Crippen LogP contribution in [0.4, 0.5) is 5.82 Å². The van der Waals surface area contributed by atoms with Crippen LogP contribution in [0.5, 0.6) is 5.75 Å². The van der Waals surface area contributed by atoms with Crippen LogP contribution in [-0.2, 0) is 4.79 Å². The smallest absolute Gasteiger partial charge is 0.256 e. The molecule has 10 nitrogen and oxygen atoms in total. The summed E-state index contributed by atoms with van der Waals surface area (Å²) in [7, 11) is 0. The molecule has 4 aromatic rings. The zero-order valence-corrected chi connectivity index (χ0v) is 20.1. The van der Waals surface area contributed by atoms with Crippen molar-refractivity contribution in [1.29, 1.82) is 5.26 Å². The molecule has 4 heterocycles. The van der Waals surface area contributed by atoms with E-state index in [4.69, 9.17) is 9.84 Å². The van der Waals surface area contributed by atoms with E-state index in [0.29, 0.717) is 48.6 Å². The zero-order chi connectivity index (χ0) is 25.8. The minimum atomic E-state index is -1.17. The zero-order valence-electron chi connectivity index (χ0n) is 20.1. The number of hydrogen-bond donors (Lipinski definition) is 2. The molecule has 1 saturated heterocycles. The number of pyridine rings is 2. The van der Waals surface area contributed by atoms with Crippen molar-refractivity contribution in [3.05, 3.63) is 78.2 Å². The number of carbonyl (C=O) groups excluding carboxylic acids is 1. The van der Waals surface area contributed by atoms with Crippen molar-refractivity contribution >= 4 is 17.2 Å². The summed E-state index contributed by atoms with van der Waals surface area (Å²) < 4.78 is 7.18. The summed E-state index contributed by atoms with van der Waals surface area (Å²) in [5.41, 5.74) is 3.21. The Hall–Kier alpha value is -4.46. The lowest BCUT2D eigenvalue weighted by Gasteiger charge is -2.36. The van der Waals surface area contributed by atoms with E-state index in [1.165, 1.54) is 6.20 Å². The van der Waals surface area contributed by atoms with E-state index in [2.05, 4.69) is 21.1 Å². The lowest BCUT2D eigenvalue weighted by atomic mass is 10.1. The molecule has 0 aliphatic carbocycles. The quantitative estimate of drug-likeness (QED) is 0.396. The van der Waals surface area contributed by atoms with Crippen LogP contribution in [0.15, 0.2) is 67.1 Å². The monoisotopic (exact) mass is 498 g/mol. The predicted molar refractivity (Wildman–Crippen MR) is 136 cm³/mol. The number of carbonyl (C=O) groups is 1. The number of amides is 1. The van der Waals surface area contributed by atoms with Crippen LogP contribution in [-0.4, -0.2) is 75.0 Å². The van der Waals surface area contributed by atoms with Gasteiger partial charge in [0.1, 0.15) is 24.2 Å². The van der Waals surface area contributed by atoms with E-state index in [0.717, 1.165) is 16.9 Å². The highest BCUT2D eigenvalue weighted by atomic mass is 16.5. The highest BCUT2D eigenvalue weighted by Gasteiger charge is 2.27. The first kappa shape index (κ1) is 24.2. The fourth-order valence-corrected chi connectivity index (χ4v) is 4.48. The first-order chi connectivity index (χ1) is 18.1. The molecule has 1 aliphatic heterocycles. The van der Waals surface area contributed by atoms with Crippen molar-refractivity contribution in [1.82, 2.24) is 19.5 Å². The Morgan fingerprint density at radius 3 is 2.57 bits per heavy atom. The summed E-state index contributed by atoms with van der Waals surface area (Å²) in [5.74, 6) is 0.999. The second-order valence-electron chi connectivity index (χ2n) is 8.66. The van der Waals surface area contributed by atoms with Gasteiger partial charge in [0, 0.05) is 43.5 Å². The third-order valence-corrected chi connectivity index (χ3v) is 6.39. The molecular weight excluding hydrogens is 472 g/mol. The number of aliphatic hydroxyl groups is 2. The second-order valence-corrected chi connectivity index (χ2v) is 8.66. The van der Waals surface area contributed by atoms with Gasteiger partial charge in [-0.1, -0.05) is 30.3 Å². The highest BCUT2D eigenvalue weighted by molar-refractivity contribution is 5.85. The van der Waals surface area contributed by atoms with Crippen molar-refractivity contribution in [2.45, 2.75) is 6.10 Å². The Bertz CT molecular complexity index is 1420. The number of benzene rings is 1. The summed E-state index contributed by atoms with van der Waals surface area (Å²) in [6.45, 7) is 2.18. The summed E-state index contributed by atoms with van der Waals surface area (Å²) in [4.78, 5) is 21.2. The maximum absolute atomic E-state index is 12.8. The van der Waals surface area contributed by atoms with Gasteiger partial charge >= 0.3 is 0 Å². The Labute approximate surface area is 213 Å². The standard InChI is InChI=1S/C27H26N6O4/c28-15-21-17-30-33-18-22(37-13-12-34)14-23(25(21)33)20-6-7-24(29-16-20)31-8-10-32(11-9-31)27(36)26(35)19-4-2-1-3-5-19/h1-7,14,16-18,26,34-35H,8-13H2. The van der Waals surface area contributed by atoms with Crippen LogP contribution in [0, 0.1) is 11.3 Å². The number of fused-ring (bicyclic) bond motifs is 1. The van der Waals surface area contributed by atoms with Gasteiger partial charge in [0.25, 0.3) is 5.91 Å². The molecule has 3 aromatic heterocycles.